The average molecular weight is 559 g/mol. The maximum atomic E-state index is 13.9. The minimum Gasteiger partial charge on any atom is -0.493 e. The van der Waals surface area contributed by atoms with Gasteiger partial charge in [0.15, 0.2) is 11.5 Å². The van der Waals surface area contributed by atoms with Crippen molar-refractivity contribution < 1.29 is 23.6 Å². The van der Waals surface area contributed by atoms with Gasteiger partial charge in [0.25, 0.3) is 5.91 Å². The fourth-order valence-corrected chi connectivity index (χ4v) is 6.74. The molecular formula is C32H38N4O5. The van der Waals surface area contributed by atoms with E-state index in [-0.39, 0.29) is 24.4 Å². The lowest BCUT2D eigenvalue weighted by atomic mass is 9.94. The highest BCUT2D eigenvalue weighted by atomic mass is 16.5. The highest BCUT2D eigenvalue weighted by Gasteiger charge is 2.44. The second kappa shape index (κ2) is 11.9. The number of hydrogen-bond acceptors (Lipinski definition) is 7. The third kappa shape index (κ3) is 5.55. The second-order valence-corrected chi connectivity index (χ2v) is 11.3. The van der Waals surface area contributed by atoms with Gasteiger partial charge in [-0.1, -0.05) is 41.6 Å². The lowest BCUT2D eigenvalue weighted by molar-refractivity contribution is -0.122. The Kier molecular flexibility index (Phi) is 7.96. The highest BCUT2D eigenvalue weighted by molar-refractivity contribution is 6.02. The summed E-state index contributed by atoms with van der Waals surface area (Å²) in [7, 11) is 1.67. The minimum atomic E-state index is -0.253. The van der Waals surface area contributed by atoms with E-state index in [1.165, 1.54) is 5.56 Å². The number of carbonyl (C=O) groups is 2. The molecule has 3 aliphatic rings. The van der Waals surface area contributed by atoms with E-state index in [9.17, 15) is 9.59 Å². The molecule has 216 valence electrons. The molecule has 3 atom stereocenters. The number of fused-ring (bicyclic) bond motifs is 8. The Balaban J connectivity index is 1.26. The van der Waals surface area contributed by atoms with Gasteiger partial charge in [0, 0.05) is 30.7 Å². The van der Waals surface area contributed by atoms with Gasteiger partial charge in [-0.2, -0.15) is 0 Å². The Labute approximate surface area is 240 Å². The molecule has 0 unspecified atom stereocenters. The summed E-state index contributed by atoms with van der Waals surface area (Å²) >= 11 is 0. The Morgan fingerprint density at radius 3 is 2.78 bits per heavy atom. The maximum absolute atomic E-state index is 13.9. The molecule has 0 spiro atoms. The molecule has 3 aromatic rings. The number of benzene rings is 2. The molecule has 2 aromatic carbocycles. The van der Waals surface area contributed by atoms with Crippen molar-refractivity contribution in [2.24, 2.45) is 5.92 Å². The van der Waals surface area contributed by atoms with Gasteiger partial charge in [-0.05, 0) is 69.2 Å². The molecular weight excluding hydrogens is 520 g/mol. The summed E-state index contributed by atoms with van der Waals surface area (Å²) in [5.41, 5.74) is 2.93. The number of carbonyl (C=O) groups excluding carboxylic acids is 2. The molecule has 2 amide bonds. The van der Waals surface area contributed by atoms with Crippen LogP contribution < -0.4 is 14.8 Å². The third-order valence-corrected chi connectivity index (χ3v) is 8.77. The zero-order valence-corrected chi connectivity index (χ0v) is 23.8. The van der Waals surface area contributed by atoms with Gasteiger partial charge < -0.3 is 24.2 Å². The van der Waals surface area contributed by atoms with Gasteiger partial charge in [-0.15, -0.1) is 0 Å². The zero-order chi connectivity index (χ0) is 28.3. The number of amides is 2. The first kappa shape index (κ1) is 27.3. The first-order valence-electron chi connectivity index (χ1n) is 14.7. The van der Waals surface area contributed by atoms with Gasteiger partial charge in [0.2, 0.25) is 5.91 Å². The molecule has 1 N–H and O–H groups in total. The molecule has 9 heteroatoms. The number of nitrogens with zero attached hydrogens (tertiary/aromatic N) is 3. The molecule has 41 heavy (non-hydrogen) atoms. The summed E-state index contributed by atoms with van der Waals surface area (Å²) in [5.74, 6) is 1.87. The van der Waals surface area contributed by atoms with Crippen LogP contribution >= 0.6 is 0 Å². The van der Waals surface area contributed by atoms with Gasteiger partial charge >= 0.3 is 0 Å². The first-order chi connectivity index (χ1) is 20.0. The molecule has 4 bridgehead atoms. The van der Waals surface area contributed by atoms with Gasteiger partial charge in [-0.25, -0.2) is 0 Å². The third-order valence-electron chi connectivity index (χ3n) is 8.77. The van der Waals surface area contributed by atoms with E-state index in [1.807, 2.05) is 36.4 Å². The smallest absolute Gasteiger partial charge is 0.260 e. The van der Waals surface area contributed by atoms with Crippen LogP contribution in [0.4, 0.5) is 0 Å². The van der Waals surface area contributed by atoms with Crippen LogP contribution in [0, 0.1) is 12.8 Å². The monoisotopic (exact) mass is 558 g/mol. The van der Waals surface area contributed by atoms with E-state index in [1.54, 1.807) is 18.9 Å². The Morgan fingerprint density at radius 2 is 1.95 bits per heavy atom. The van der Waals surface area contributed by atoms with Crippen LogP contribution in [0.1, 0.15) is 59.8 Å². The number of aryl methyl sites for hydroxylation is 1. The van der Waals surface area contributed by atoms with E-state index in [0.29, 0.717) is 61.5 Å². The van der Waals surface area contributed by atoms with Crippen molar-refractivity contribution in [3.63, 3.8) is 0 Å². The molecule has 2 saturated heterocycles. The summed E-state index contributed by atoms with van der Waals surface area (Å²) in [6.07, 6.45) is 4.66. The Morgan fingerprint density at radius 1 is 1.10 bits per heavy atom. The number of nitrogens with one attached hydrogen (secondary N) is 1. The van der Waals surface area contributed by atoms with E-state index >= 15 is 0 Å². The highest BCUT2D eigenvalue weighted by Crippen LogP contribution is 2.46. The van der Waals surface area contributed by atoms with Crippen LogP contribution in [0.25, 0.3) is 11.3 Å². The van der Waals surface area contributed by atoms with Crippen molar-refractivity contribution in [3.05, 3.63) is 65.4 Å². The van der Waals surface area contributed by atoms with Crippen molar-refractivity contribution in [1.29, 1.82) is 0 Å². The molecule has 9 nitrogen and oxygen atoms in total. The van der Waals surface area contributed by atoms with Gasteiger partial charge in [0.1, 0.15) is 17.0 Å². The predicted molar refractivity (Wildman–Crippen MR) is 154 cm³/mol. The van der Waals surface area contributed by atoms with Gasteiger partial charge in [0.05, 0.1) is 20.3 Å². The normalized spacial score (nSPS) is 23.5. The van der Waals surface area contributed by atoms with E-state index in [0.717, 1.165) is 42.9 Å². The molecule has 6 rings (SSSR count). The van der Waals surface area contributed by atoms with Crippen molar-refractivity contribution in [2.75, 3.05) is 39.9 Å². The maximum Gasteiger partial charge on any atom is 0.260 e. The first-order valence-corrected chi connectivity index (χ1v) is 14.7. The molecule has 0 saturated carbocycles. The van der Waals surface area contributed by atoms with E-state index in [4.69, 9.17) is 14.0 Å². The second-order valence-electron chi connectivity index (χ2n) is 11.3. The summed E-state index contributed by atoms with van der Waals surface area (Å²) in [5, 5.41) is 7.37. The van der Waals surface area contributed by atoms with Gasteiger partial charge in [-0.3, -0.25) is 14.5 Å². The van der Waals surface area contributed by atoms with Crippen molar-refractivity contribution in [1.82, 2.24) is 20.3 Å². The largest absolute Gasteiger partial charge is 0.493 e. The van der Waals surface area contributed by atoms with Crippen molar-refractivity contribution >= 4 is 11.8 Å². The summed E-state index contributed by atoms with van der Waals surface area (Å²) in [4.78, 5) is 31.4. The fraction of sp³-hybridized carbons (Fsp3) is 0.469. The molecule has 4 heterocycles. The Hall–Kier alpha value is -3.85. The fourth-order valence-electron chi connectivity index (χ4n) is 6.74. The molecule has 1 aromatic heterocycles. The molecule has 2 fully saturated rings. The summed E-state index contributed by atoms with van der Waals surface area (Å²) < 4.78 is 17.3. The molecule has 0 aliphatic carbocycles. The topological polar surface area (TPSA) is 97.1 Å². The Bertz CT molecular complexity index is 1390. The number of ether oxygens (including phenoxy) is 2. The van der Waals surface area contributed by atoms with Crippen LogP contribution in [0.5, 0.6) is 11.5 Å². The lowest BCUT2D eigenvalue weighted by Gasteiger charge is -2.25. The number of aromatic nitrogens is 1. The minimum absolute atomic E-state index is 0.0179. The lowest BCUT2D eigenvalue weighted by Crippen LogP contribution is -2.43. The van der Waals surface area contributed by atoms with Crippen molar-refractivity contribution in [3.8, 4) is 22.8 Å². The molecule has 0 radical (unpaired) electrons. The van der Waals surface area contributed by atoms with Crippen LogP contribution in [-0.2, 0) is 4.79 Å². The van der Waals surface area contributed by atoms with E-state index < -0.39 is 0 Å². The predicted octanol–water partition coefficient (Wildman–Crippen LogP) is 4.62. The van der Waals surface area contributed by atoms with Crippen LogP contribution in [0.2, 0.25) is 0 Å². The summed E-state index contributed by atoms with van der Waals surface area (Å²) in [6, 6.07) is 16.5. The molecule has 3 aliphatic heterocycles. The van der Waals surface area contributed by atoms with Crippen LogP contribution in [0.3, 0.4) is 0 Å². The average Bonchev–Trinajstić information content (AvgIpc) is 3.71. The zero-order valence-electron chi connectivity index (χ0n) is 23.8. The SMILES string of the molecule is COc1ccc2cc1OCCCCN(C(=O)c1c(-c3ccccc3)noc1C)CC(=O)NC[C@H]1C[C@H]2N2CCC[C@@H]12. The quantitative estimate of drug-likeness (QED) is 0.501. The van der Waals surface area contributed by atoms with Crippen LogP contribution in [0.15, 0.2) is 53.1 Å². The number of rotatable bonds is 3. The van der Waals surface area contributed by atoms with E-state index in [2.05, 4.69) is 27.5 Å². The van der Waals surface area contributed by atoms with Crippen LogP contribution in [-0.4, -0.2) is 72.7 Å². The summed E-state index contributed by atoms with van der Waals surface area (Å²) in [6.45, 7) is 4.27. The number of hydrogen-bond donors (Lipinski definition) is 1. The number of methoxy groups -OCH3 is 1. The standard InChI is InChI=1S/C32H38N4O5/c1-21-30(31(34-41-21)22-9-4-3-5-10-22)32(38)35-14-6-7-16-40-28-18-23(12-13-27(28)39-2)26-17-24(19-33-29(37)20-35)25-11-8-15-36(25)26/h3-5,9-10,12-13,18,24-26H,6-8,11,14-17,19-20H2,1-2H3,(H,33,37)/t24-,25+,26-/m1/s1. The van der Waals surface area contributed by atoms with Crippen molar-refractivity contribution in [2.45, 2.75) is 51.1 Å².